The molecule has 4 nitrogen and oxygen atoms in total. The maximum absolute atomic E-state index is 5.24. The molecule has 0 bridgehead atoms. The molecule has 0 aliphatic carbocycles. The lowest BCUT2D eigenvalue weighted by molar-refractivity contribution is 1.17. The zero-order valence-corrected chi connectivity index (χ0v) is 34.1. The van der Waals surface area contributed by atoms with E-state index in [1.165, 1.54) is 10.8 Å². The molecule has 0 saturated heterocycles. The Balaban J connectivity index is 1.36. The van der Waals surface area contributed by atoms with Crippen molar-refractivity contribution in [2.24, 2.45) is 20.0 Å². The summed E-state index contributed by atoms with van der Waals surface area (Å²) < 4.78 is 0. The maximum atomic E-state index is 5.24. The summed E-state index contributed by atoms with van der Waals surface area (Å²) in [5, 5.41) is 15.1. The van der Waals surface area contributed by atoms with Crippen LogP contribution in [0.25, 0.3) is 53.9 Å². The SMILES string of the molecule is C=C/C=C(\C=C/C)N=c1c(C)c(C)c(=Nc2ccccc2)c2cc3cc4cc5cc6c(=Nc7ccccc7)c(C)c(C)c(=Nc7ccccc7)c6cc5cc4cc3cc12. The van der Waals surface area contributed by atoms with Gasteiger partial charge >= 0.3 is 0 Å². The summed E-state index contributed by atoms with van der Waals surface area (Å²) in [5.41, 5.74) is 8.08. The third kappa shape index (κ3) is 7.04. The smallest absolute Gasteiger partial charge is 0.0748 e. The van der Waals surface area contributed by atoms with Gasteiger partial charge < -0.3 is 0 Å². The molecule has 0 amide bonds. The highest BCUT2D eigenvalue weighted by Gasteiger charge is 2.14. The minimum Gasteiger partial charge on any atom is -0.248 e. The second-order valence-electron chi connectivity index (χ2n) is 15.2. The van der Waals surface area contributed by atoms with Gasteiger partial charge in [0.1, 0.15) is 0 Å². The van der Waals surface area contributed by atoms with Crippen molar-refractivity contribution in [3.63, 3.8) is 0 Å². The Morgan fingerprint density at radius 3 is 1.05 bits per heavy atom. The summed E-state index contributed by atoms with van der Waals surface area (Å²) in [6.07, 6.45) is 7.77. The quantitative estimate of drug-likeness (QED) is 0.120. The normalized spacial score (nSPS) is 13.7. The van der Waals surface area contributed by atoms with Crippen LogP contribution in [0.4, 0.5) is 17.1 Å². The Labute approximate surface area is 344 Å². The molecule has 0 aromatic heterocycles. The number of benzene rings is 9. The van der Waals surface area contributed by atoms with Gasteiger partial charge in [0.15, 0.2) is 0 Å². The Hall–Kier alpha value is -7.30. The number of hydrogen-bond donors (Lipinski definition) is 0. The molecule has 9 rings (SSSR count). The molecule has 4 heteroatoms. The first-order chi connectivity index (χ1) is 28.8. The van der Waals surface area contributed by atoms with Gasteiger partial charge in [0, 0.05) is 21.5 Å². The van der Waals surface area contributed by atoms with Crippen molar-refractivity contribution in [2.45, 2.75) is 34.6 Å². The number of para-hydroxylation sites is 3. The van der Waals surface area contributed by atoms with Crippen LogP contribution in [0.5, 0.6) is 0 Å². The van der Waals surface area contributed by atoms with E-state index in [1.54, 1.807) is 6.08 Å². The van der Waals surface area contributed by atoms with Crippen molar-refractivity contribution in [1.82, 2.24) is 0 Å². The lowest BCUT2D eigenvalue weighted by Gasteiger charge is -2.13. The van der Waals surface area contributed by atoms with E-state index in [1.807, 2.05) is 79.7 Å². The number of nitrogens with zero attached hydrogens (tertiary/aromatic N) is 4. The first-order valence-electron chi connectivity index (χ1n) is 20.1. The molecule has 9 aromatic rings. The first kappa shape index (κ1) is 37.3. The Morgan fingerprint density at radius 1 is 0.424 bits per heavy atom. The zero-order valence-electron chi connectivity index (χ0n) is 34.1. The average molecular weight is 761 g/mol. The van der Waals surface area contributed by atoms with E-state index >= 15 is 0 Å². The molecule has 284 valence electrons. The fourth-order valence-electron chi connectivity index (χ4n) is 8.18. The molecule has 0 fully saturated rings. The van der Waals surface area contributed by atoms with Crippen LogP contribution in [-0.4, -0.2) is 0 Å². The molecule has 0 heterocycles. The highest BCUT2D eigenvalue weighted by molar-refractivity contribution is 6.10. The number of allylic oxidation sites excluding steroid dienone is 4. The van der Waals surface area contributed by atoms with E-state index in [0.717, 1.165) is 110 Å². The molecule has 59 heavy (non-hydrogen) atoms. The molecule has 0 saturated carbocycles. The monoisotopic (exact) mass is 760 g/mol. The van der Waals surface area contributed by atoms with E-state index in [0.29, 0.717) is 0 Å². The van der Waals surface area contributed by atoms with Crippen LogP contribution in [0.3, 0.4) is 0 Å². The van der Waals surface area contributed by atoms with Crippen molar-refractivity contribution >= 4 is 70.9 Å². The van der Waals surface area contributed by atoms with Crippen LogP contribution in [-0.2, 0) is 0 Å². The topological polar surface area (TPSA) is 49.4 Å². The van der Waals surface area contributed by atoms with Gasteiger partial charge in [0.25, 0.3) is 0 Å². The van der Waals surface area contributed by atoms with E-state index in [2.05, 4.69) is 119 Å². The third-order valence-electron chi connectivity index (χ3n) is 11.4. The second kappa shape index (κ2) is 15.6. The third-order valence-corrected chi connectivity index (χ3v) is 11.4. The van der Waals surface area contributed by atoms with Gasteiger partial charge in [-0.1, -0.05) is 73.3 Å². The minimum atomic E-state index is 0.847. The van der Waals surface area contributed by atoms with Crippen LogP contribution in [0.1, 0.15) is 29.2 Å². The highest BCUT2D eigenvalue weighted by Crippen LogP contribution is 2.31. The Morgan fingerprint density at radius 2 is 0.729 bits per heavy atom. The molecule has 0 unspecified atom stereocenters. The molecule has 0 aliphatic rings. The van der Waals surface area contributed by atoms with E-state index < -0.39 is 0 Å². The van der Waals surface area contributed by atoms with Crippen molar-refractivity contribution in [1.29, 1.82) is 0 Å². The van der Waals surface area contributed by atoms with Crippen LogP contribution < -0.4 is 21.4 Å². The largest absolute Gasteiger partial charge is 0.248 e. The highest BCUT2D eigenvalue weighted by atomic mass is 14.8. The molecule has 0 aliphatic heterocycles. The van der Waals surface area contributed by atoms with Gasteiger partial charge in [-0.25, -0.2) is 20.0 Å². The molecule has 9 aromatic carbocycles. The Bertz CT molecular complexity index is 3470. The lowest BCUT2D eigenvalue weighted by atomic mass is 9.93. The van der Waals surface area contributed by atoms with Gasteiger partial charge in [0.05, 0.1) is 44.2 Å². The summed E-state index contributed by atoms with van der Waals surface area (Å²) in [7, 11) is 0. The summed E-state index contributed by atoms with van der Waals surface area (Å²) in [6, 6.07) is 49.1. The van der Waals surface area contributed by atoms with Crippen LogP contribution >= 0.6 is 0 Å². The predicted molar refractivity (Wildman–Crippen MR) is 249 cm³/mol. The van der Waals surface area contributed by atoms with Crippen molar-refractivity contribution in [3.8, 4) is 0 Å². The van der Waals surface area contributed by atoms with Gasteiger partial charge in [-0.05, 0) is 186 Å². The predicted octanol–water partition coefficient (Wildman–Crippen LogP) is 12.8. The molecular formula is C55H44N4. The van der Waals surface area contributed by atoms with Gasteiger partial charge in [0.2, 0.25) is 0 Å². The van der Waals surface area contributed by atoms with Crippen LogP contribution in [0.2, 0.25) is 0 Å². The van der Waals surface area contributed by atoms with Crippen molar-refractivity contribution in [2.75, 3.05) is 0 Å². The zero-order chi connectivity index (χ0) is 40.6. The number of fused-ring (bicyclic) bond motifs is 5. The fraction of sp³-hybridized carbons (Fsp3) is 0.0909. The van der Waals surface area contributed by atoms with E-state index in [9.17, 15) is 0 Å². The minimum absolute atomic E-state index is 0.847. The Kier molecular flexibility index (Phi) is 9.84. The maximum Gasteiger partial charge on any atom is 0.0748 e. The lowest BCUT2D eigenvalue weighted by Crippen LogP contribution is -2.21. The van der Waals surface area contributed by atoms with Gasteiger partial charge in [-0.15, -0.1) is 0 Å². The summed E-state index contributed by atoms with van der Waals surface area (Å²) in [6.45, 7) is 14.6. The summed E-state index contributed by atoms with van der Waals surface area (Å²) >= 11 is 0. The van der Waals surface area contributed by atoms with E-state index in [-0.39, 0.29) is 0 Å². The second-order valence-corrected chi connectivity index (χ2v) is 15.2. The van der Waals surface area contributed by atoms with Gasteiger partial charge in [-0.2, -0.15) is 0 Å². The molecule has 0 N–H and O–H groups in total. The molecule has 0 radical (unpaired) electrons. The summed E-state index contributed by atoms with van der Waals surface area (Å²) in [5.74, 6) is 0. The van der Waals surface area contributed by atoms with Crippen LogP contribution in [0, 0.1) is 27.7 Å². The first-order valence-corrected chi connectivity index (χ1v) is 20.1. The van der Waals surface area contributed by atoms with Crippen molar-refractivity contribution in [3.05, 3.63) is 220 Å². The fourth-order valence-corrected chi connectivity index (χ4v) is 8.18. The van der Waals surface area contributed by atoms with Crippen LogP contribution in [0.15, 0.2) is 196 Å². The molecule has 0 atom stereocenters. The van der Waals surface area contributed by atoms with Crippen molar-refractivity contribution < 1.29 is 0 Å². The standard InChI is InChI=1S/C55H44N4/c1-7-18-44(19-8-2)56-52-34(3)35(4)53(57-45-20-12-9-13-21-45)49-31-41-27-39-29-43-33-51-50(32-42(43)28-38(39)26-40(41)30-48(49)52)54(58-46-22-14-10-15-23-46)36(5)37(6)55(51)59-47-24-16-11-17-25-47/h7-33H,1H2,2-6H3/b19-8-,44-18+,56-52?,57-53?,58-54?,59-55?. The average Bonchev–Trinajstić information content (AvgIpc) is 3.25. The number of hydrogen-bond acceptors (Lipinski definition) is 4. The molecular weight excluding hydrogens is 717 g/mol. The summed E-state index contributed by atoms with van der Waals surface area (Å²) in [4.78, 5) is 21.0. The van der Waals surface area contributed by atoms with E-state index in [4.69, 9.17) is 20.0 Å². The van der Waals surface area contributed by atoms with Gasteiger partial charge in [-0.3, -0.25) is 0 Å². The molecule has 0 spiro atoms. The number of rotatable bonds is 6.